The molecule has 7 nitrogen and oxygen atoms in total. The molecule has 32 heavy (non-hydrogen) atoms. The smallest absolute Gasteiger partial charge is 0.232 e. The lowest BCUT2D eigenvalue weighted by molar-refractivity contribution is 0.104. The standard InChI is InChI=1S/C22H18F2N4O3S/c1-2-9-32(30,31)28-19-6-4-17(23)20(21(19)24)22(29)15-3-5-18-16(15)10-14(11-25-18)13-7-8-26-27-12-13/h3-4,6-8,10-12,28H,2,5,9H2,1H3. The minimum Gasteiger partial charge on any atom is -0.288 e. The molecule has 2 heterocycles. The summed E-state index contributed by atoms with van der Waals surface area (Å²) in [5, 5.41) is 7.54. The van der Waals surface area contributed by atoms with Crippen LogP contribution in [0.4, 0.5) is 14.5 Å². The highest BCUT2D eigenvalue weighted by molar-refractivity contribution is 7.92. The van der Waals surface area contributed by atoms with Crippen molar-refractivity contribution in [1.29, 1.82) is 0 Å². The third kappa shape index (κ3) is 4.13. The second kappa shape index (κ2) is 8.54. The molecule has 164 valence electrons. The van der Waals surface area contributed by atoms with Gasteiger partial charge in [-0.25, -0.2) is 17.2 Å². The normalized spacial score (nSPS) is 12.9. The van der Waals surface area contributed by atoms with Gasteiger partial charge in [0.15, 0.2) is 11.6 Å². The molecule has 0 saturated carbocycles. The first-order valence-corrected chi connectivity index (χ1v) is 11.5. The van der Waals surface area contributed by atoms with Crippen molar-refractivity contribution >= 4 is 27.1 Å². The Bertz CT molecular complexity index is 1340. The van der Waals surface area contributed by atoms with Crippen LogP contribution in [0, 0.1) is 11.6 Å². The first kappa shape index (κ1) is 21.7. The molecule has 0 saturated heterocycles. The molecule has 0 bridgehead atoms. The molecule has 3 aromatic rings. The molecule has 2 aromatic heterocycles. The van der Waals surface area contributed by atoms with Crippen molar-refractivity contribution in [1.82, 2.24) is 15.2 Å². The Morgan fingerprint density at radius 2 is 1.94 bits per heavy atom. The molecule has 0 unspecified atom stereocenters. The molecular weight excluding hydrogens is 438 g/mol. The number of benzene rings is 1. The SMILES string of the molecule is CCCS(=O)(=O)Nc1ccc(F)c(C(=O)C2=CCc3ncc(-c4ccnnc4)cc32)c1F. The topological polar surface area (TPSA) is 102 Å². The van der Waals surface area contributed by atoms with Crippen LogP contribution in [0.3, 0.4) is 0 Å². The Labute approximate surface area is 183 Å². The van der Waals surface area contributed by atoms with Crippen LogP contribution in [0.15, 0.2) is 48.9 Å². The highest BCUT2D eigenvalue weighted by Gasteiger charge is 2.29. The van der Waals surface area contributed by atoms with E-state index in [1.165, 1.54) is 12.4 Å². The van der Waals surface area contributed by atoms with Gasteiger partial charge >= 0.3 is 0 Å². The summed E-state index contributed by atoms with van der Waals surface area (Å²) in [6, 6.07) is 5.26. The van der Waals surface area contributed by atoms with E-state index in [2.05, 4.69) is 19.9 Å². The molecular formula is C22H18F2N4O3S. The number of ketones is 1. The number of hydrogen-bond acceptors (Lipinski definition) is 6. The van der Waals surface area contributed by atoms with Gasteiger partial charge in [0.2, 0.25) is 10.0 Å². The lowest BCUT2D eigenvalue weighted by Crippen LogP contribution is -2.18. The van der Waals surface area contributed by atoms with Crippen molar-refractivity contribution < 1.29 is 22.0 Å². The number of pyridine rings is 1. The number of carbonyl (C=O) groups is 1. The Balaban J connectivity index is 1.72. The Kier molecular flexibility index (Phi) is 5.79. The lowest BCUT2D eigenvalue weighted by Gasteiger charge is -2.13. The molecule has 1 aliphatic carbocycles. The van der Waals surface area contributed by atoms with E-state index in [1.54, 1.807) is 31.3 Å². The van der Waals surface area contributed by atoms with Crippen LogP contribution >= 0.6 is 0 Å². The molecule has 4 rings (SSSR count). The summed E-state index contributed by atoms with van der Waals surface area (Å²) in [6.45, 7) is 1.66. The van der Waals surface area contributed by atoms with Gasteiger partial charge in [-0.3, -0.25) is 14.5 Å². The summed E-state index contributed by atoms with van der Waals surface area (Å²) in [5.74, 6) is -3.46. The maximum atomic E-state index is 15.1. The van der Waals surface area contributed by atoms with Crippen LogP contribution in [-0.2, 0) is 16.4 Å². The Morgan fingerprint density at radius 3 is 2.66 bits per heavy atom. The van der Waals surface area contributed by atoms with Crippen LogP contribution in [0.2, 0.25) is 0 Å². The number of nitrogens with one attached hydrogen (secondary N) is 1. The van der Waals surface area contributed by atoms with Crippen LogP contribution in [0.25, 0.3) is 16.7 Å². The second-order valence-corrected chi connectivity index (χ2v) is 9.05. The van der Waals surface area contributed by atoms with Crippen LogP contribution in [0.5, 0.6) is 0 Å². The van der Waals surface area contributed by atoms with Gasteiger partial charge in [-0.2, -0.15) is 10.2 Å². The summed E-state index contributed by atoms with van der Waals surface area (Å²) < 4.78 is 55.8. The fourth-order valence-electron chi connectivity index (χ4n) is 3.49. The average Bonchev–Trinajstić information content (AvgIpc) is 3.19. The molecule has 0 atom stereocenters. The van der Waals surface area contributed by atoms with Crippen LogP contribution < -0.4 is 4.72 Å². The van der Waals surface area contributed by atoms with Gasteiger partial charge in [0, 0.05) is 34.9 Å². The van der Waals surface area contributed by atoms with E-state index in [9.17, 15) is 17.6 Å². The number of rotatable bonds is 7. The molecule has 0 radical (unpaired) electrons. The van der Waals surface area contributed by atoms with E-state index < -0.39 is 38.7 Å². The zero-order valence-electron chi connectivity index (χ0n) is 17.0. The number of carbonyl (C=O) groups excluding carboxylic acids is 1. The van der Waals surface area contributed by atoms with Crippen molar-refractivity contribution in [2.24, 2.45) is 0 Å². The molecule has 1 aromatic carbocycles. The van der Waals surface area contributed by atoms with E-state index in [1.807, 2.05) is 0 Å². The van der Waals surface area contributed by atoms with Crippen LogP contribution in [-0.4, -0.2) is 35.1 Å². The summed E-state index contributed by atoms with van der Waals surface area (Å²) in [6.07, 6.45) is 6.88. The monoisotopic (exact) mass is 456 g/mol. The number of halogens is 2. The first-order chi connectivity index (χ1) is 15.3. The van der Waals surface area contributed by atoms with Crippen LogP contribution in [0.1, 0.15) is 35.0 Å². The third-order valence-corrected chi connectivity index (χ3v) is 6.46. The highest BCUT2D eigenvalue weighted by atomic mass is 32.2. The zero-order valence-corrected chi connectivity index (χ0v) is 17.8. The first-order valence-electron chi connectivity index (χ1n) is 9.80. The van der Waals surface area contributed by atoms with Crippen molar-refractivity contribution in [2.45, 2.75) is 19.8 Å². The molecule has 0 aliphatic heterocycles. The zero-order chi connectivity index (χ0) is 22.9. The number of nitrogens with zero attached hydrogens (tertiary/aromatic N) is 3. The number of allylic oxidation sites excluding steroid dienone is 2. The number of sulfonamides is 1. The van der Waals surface area contributed by atoms with E-state index in [4.69, 9.17) is 0 Å². The van der Waals surface area contributed by atoms with Crippen molar-refractivity contribution in [3.05, 3.63) is 77.4 Å². The summed E-state index contributed by atoms with van der Waals surface area (Å²) in [5.41, 5.74) is 1.25. The van der Waals surface area contributed by atoms with E-state index >= 15 is 4.39 Å². The van der Waals surface area contributed by atoms with Crippen molar-refractivity contribution in [2.75, 3.05) is 10.5 Å². The minimum atomic E-state index is -3.83. The average molecular weight is 456 g/mol. The quantitative estimate of drug-likeness (QED) is 0.543. The maximum Gasteiger partial charge on any atom is 0.232 e. The molecule has 0 spiro atoms. The summed E-state index contributed by atoms with van der Waals surface area (Å²) in [7, 11) is -3.83. The van der Waals surface area contributed by atoms with Gasteiger partial charge < -0.3 is 0 Å². The number of Topliss-reactive ketones (excluding diaryl/α,β-unsaturated/α-hetero) is 1. The predicted octanol–water partition coefficient (Wildman–Crippen LogP) is 3.79. The van der Waals surface area contributed by atoms with Gasteiger partial charge in [0.1, 0.15) is 5.82 Å². The largest absolute Gasteiger partial charge is 0.288 e. The molecule has 10 heteroatoms. The van der Waals surface area contributed by atoms with Gasteiger partial charge in [-0.1, -0.05) is 13.0 Å². The van der Waals surface area contributed by atoms with E-state index in [-0.39, 0.29) is 11.3 Å². The molecule has 1 aliphatic rings. The Morgan fingerprint density at radius 1 is 1.12 bits per heavy atom. The number of aromatic nitrogens is 3. The van der Waals surface area contributed by atoms with Gasteiger partial charge in [0.25, 0.3) is 0 Å². The maximum absolute atomic E-state index is 15.1. The highest BCUT2D eigenvalue weighted by Crippen LogP contribution is 2.34. The van der Waals surface area contributed by atoms with E-state index in [0.29, 0.717) is 29.7 Å². The second-order valence-electron chi connectivity index (χ2n) is 7.21. The van der Waals surface area contributed by atoms with Crippen molar-refractivity contribution in [3.63, 3.8) is 0 Å². The predicted molar refractivity (Wildman–Crippen MR) is 115 cm³/mol. The van der Waals surface area contributed by atoms with Crippen molar-refractivity contribution in [3.8, 4) is 11.1 Å². The molecule has 1 N–H and O–H groups in total. The van der Waals surface area contributed by atoms with Gasteiger partial charge in [-0.05, 0) is 30.7 Å². The molecule has 0 amide bonds. The van der Waals surface area contributed by atoms with Gasteiger partial charge in [-0.15, -0.1) is 0 Å². The molecule has 0 fully saturated rings. The Hall–Kier alpha value is -3.53. The lowest BCUT2D eigenvalue weighted by atomic mass is 9.96. The minimum absolute atomic E-state index is 0.0998. The van der Waals surface area contributed by atoms with Gasteiger partial charge in [0.05, 0.1) is 35.1 Å². The number of hydrogen-bond donors (Lipinski definition) is 1. The van der Waals surface area contributed by atoms with E-state index in [0.717, 1.165) is 17.7 Å². The number of fused-ring (bicyclic) bond motifs is 1. The third-order valence-electron chi connectivity index (χ3n) is 4.98. The fraction of sp³-hybridized carbons (Fsp3) is 0.182. The fourth-order valence-corrected chi connectivity index (χ4v) is 4.63. The summed E-state index contributed by atoms with van der Waals surface area (Å²) >= 11 is 0. The number of anilines is 1. The summed E-state index contributed by atoms with van der Waals surface area (Å²) in [4.78, 5) is 17.5.